The summed E-state index contributed by atoms with van der Waals surface area (Å²) >= 11 is 8.29. The molecule has 4 fully saturated rings. The predicted octanol–water partition coefficient (Wildman–Crippen LogP) is 6.10. The number of rotatable bonds is 11. The smallest absolute Gasteiger partial charge is 0.240 e. The summed E-state index contributed by atoms with van der Waals surface area (Å²) < 4.78 is 34.3. The Bertz CT molecular complexity index is 1960. The maximum absolute atomic E-state index is 14.1. The summed E-state index contributed by atoms with van der Waals surface area (Å²) in [4.78, 5) is 52.3. The first-order valence-corrected chi connectivity index (χ1v) is 19.4. The van der Waals surface area contributed by atoms with Gasteiger partial charge in [0, 0.05) is 36.1 Å². The van der Waals surface area contributed by atoms with Crippen molar-refractivity contribution in [2.75, 3.05) is 0 Å². The van der Waals surface area contributed by atoms with Crippen LogP contribution < -0.4 is 9.46 Å². The van der Waals surface area contributed by atoms with Gasteiger partial charge in [0.1, 0.15) is 22.6 Å². The number of fused-ring (bicyclic) bond motifs is 2. The zero-order chi connectivity index (χ0) is 34.1. The first kappa shape index (κ1) is 33.2. The number of nitrogens with zero attached hydrogens (tertiary/aromatic N) is 3. The van der Waals surface area contributed by atoms with Crippen LogP contribution in [0.15, 0.2) is 36.2 Å². The molecule has 4 aliphatic rings. The molecular formula is C35H39ClN4O6S2. The average molecular weight is 711 g/mol. The number of carbonyl (C=O) groups is 3. The lowest BCUT2D eigenvalue weighted by Gasteiger charge is -2.35. The second-order valence-electron chi connectivity index (χ2n) is 14.0. The number of thiazole rings is 1. The van der Waals surface area contributed by atoms with E-state index in [4.69, 9.17) is 26.3 Å². The van der Waals surface area contributed by atoms with Crippen LogP contribution in [-0.2, 0) is 24.4 Å². The maximum Gasteiger partial charge on any atom is 0.240 e. The largest absolute Gasteiger partial charge is 0.487 e. The molecule has 0 bridgehead atoms. The minimum atomic E-state index is -3.79. The molecule has 0 spiro atoms. The Labute approximate surface area is 289 Å². The first-order valence-electron chi connectivity index (χ1n) is 16.6. The summed E-state index contributed by atoms with van der Waals surface area (Å²) in [5, 5.41) is 3.44. The highest BCUT2D eigenvalue weighted by Crippen LogP contribution is 2.57. The topological polar surface area (TPSA) is 136 Å². The molecule has 5 atom stereocenters. The van der Waals surface area contributed by atoms with Gasteiger partial charge in [-0.25, -0.2) is 18.4 Å². The summed E-state index contributed by atoms with van der Waals surface area (Å²) in [6.45, 7) is 9.90. The molecule has 10 nitrogen and oxygen atoms in total. The predicted molar refractivity (Wildman–Crippen MR) is 184 cm³/mol. The third-order valence-electron chi connectivity index (χ3n) is 10.4. The molecule has 4 heterocycles. The van der Waals surface area contributed by atoms with E-state index in [1.807, 2.05) is 30.5 Å². The molecule has 2 aliphatic heterocycles. The second-order valence-corrected chi connectivity index (χ2v) is 17.2. The molecule has 13 heteroatoms. The maximum atomic E-state index is 14.1. The number of amides is 2. The van der Waals surface area contributed by atoms with Gasteiger partial charge in [-0.3, -0.25) is 19.1 Å². The number of benzene rings is 1. The number of carbonyl (C=O) groups excluding carboxylic acids is 3. The molecule has 2 saturated carbocycles. The van der Waals surface area contributed by atoms with E-state index >= 15 is 0 Å². The fraction of sp³-hybridized carbons (Fsp3) is 0.514. The van der Waals surface area contributed by atoms with Crippen LogP contribution in [0.1, 0.15) is 82.4 Å². The van der Waals surface area contributed by atoms with Crippen molar-refractivity contribution < 1.29 is 27.5 Å². The fourth-order valence-electron chi connectivity index (χ4n) is 7.27. The minimum absolute atomic E-state index is 0.121. The second kappa shape index (κ2) is 12.2. The first-order chi connectivity index (χ1) is 22.8. The summed E-state index contributed by atoms with van der Waals surface area (Å²) in [6.07, 6.45) is 4.22. The van der Waals surface area contributed by atoms with Gasteiger partial charge >= 0.3 is 0 Å². The van der Waals surface area contributed by atoms with Gasteiger partial charge in [0.25, 0.3) is 0 Å². The number of ether oxygens (including phenoxy) is 1. The lowest BCUT2D eigenvalue weighted by molar-refractivity contribution is -0.143. The number of Topliss-reactive ketones (excluding diaryl/α,β-unsaturated/α-hetero) is 1. The summed E-state index contributed by atoms with van der Waals surface area (Å²) in [5.74, 6) is -0.578. The molecule has 0 radical (unpaired) electrons. The number of aromatic nitrogens is 2. The number of piperidine rings is 1. The highest BCUT2D eigenvalue weighted by molar-refractivity contribution is 7.90. The lowest BCUT2D eigenvalue weighted by atomic mass is 9.91. The van der Waals surface area contributed by atoms with Crippen LogP contribution in [0.5, 0.6) is 5.75 Å². The van der Waals surface area contributed by atoms with E-state index in [1.165, 1.54) is 11.3 Å². The molecule has 2 saturated heterocycles. The SMILES string of the molecule is C=C[C@@H]1C[C@]1(CC(=O)[C@@H]1C[C@@H](Oc2cc(-c3nc(C(C)C)cs3)nc3c(Cl)c(C)ccc23)[C@H]2CCCC(=O)N21)C(=O)NS(=O)(=O)C1CC1. The molecule has 7 rings (SSSR count). The normalized spacial score (nSPS) is 26.9. The number of sulfonamides is 1. The van der Waals surface area contributed by atoms with Crippen molar-refractivity contribution in [3.05, 3.63) is 52.5 Å². The number of hydrogen-bond acceptors (Lipinski definition) is 9. The monoisotopic (exact) mass is 710 g/mol. The van der Waals surface area contributed by atoms with E-state index in [0.29, 0.717) is 60.5 Å². The third-order valence-corrected chi connectivity index (χ3v) is 13.6. The number of allylic oxidation sites excluding steroid dienone is 1. The van der Waals surface area contributed by atoms with Crippen molar-refractivity contribution >= 4 is 61.5 Å². The van der Waals surface area contributed by atoms with E-state index in [-0.39, 0.29) is 42.4 Å². The van der Waals surface area contributed by atoms with Crippen LogP contribution in [0.25, 0.3) is 21.6 Å². The van der Waals surface area contributed by atoms with Gasteiger partial charge in [0.05, 0.1) is 39.0 Å². The van der Waals surface area contributed by atoms with E-state index in [2.05, 4.69) is 25.1 Å². The Hall–Kier alpha value is -3.35. The van der Waals surface area contributed by atoms with Crippen LogP contribution in [0, 0.1) is 18.3 Å². The van der Waals surface area contributed by atoms with Crippen molar-refractivity contribution in [1.29, 1.82) is 0 Å². The third kappa shape index (κ3) is 5.83. The lowest BCUT2D eigenvalue weighted by Crippen LogP contribution is -2.50. The van der Waals surface area contributed by atoms with Gasteiger partial charge in [0.15, 0.2) is 5.78 Å². The van der Waals surface area contributed by atoms with Crippen molar-refractivity contribution in [2.24, 2.45) is 11.3 Å². The van der Waals surface area contributed by atoms with E-state index in [9.17, 15) is 22.8 Å². The van der Waals surface area contributed by atoms with Crippen molar-refractivity contribution in [3.8, 4) is 16.5 Å². The van der Waals surface area contributed by atoms with Gasteiger partial charge in [-0.1, -0.05) is 37.6 Å². The molecule has 1 aromatic carbocycles. The Morgan fingerprint density at radius 3 is 2.69 bits per heavy atom. The van der Waals surface area contributed by atoms with Gasteiger partial charge in [-0.05, 0) is 62.5 Å². The van der Waals surface area contributed by atoms with Gasteiger partial charge in [0.2, 0.25) is 21.8 Å². The number of halogens is 1. The summed E-state index contributed by atoms with van der Waals surface area (Å²) in [7, 11) is -3.79. The molecule has 2 aromatic heterocycles. The standard InChI is InChI=1S/C35H39ClN4O6S2/c1-5-20-15-35(20,34(43)39-48(44,45)21-10-11-21)16-27(41)26-14-29(25-7-6-8-30(42)40(25)26)46-28-13-23(33-38-24(17-47-33)18(2)3)37-32-22(28)12-9-19(4)31(32)36/h5,9,12-13,17-18,20-21,25-26,29H,1,6-8,10-11,14-16H2,2-4H3,(H,39,43)/t20-,25-,26+,29-,35-/m1/s1. The average Bonchev–Trinajstić information content (AvgIpc) is 3.94. The fourth-order valence-corrected chi connectivity index (χ4v) is 9.80. The van der Waals surface area contributed by atoms with Crippen molar-refractivity contribution in [3.63, 3.8) is 0 Å². The Morgan fingerprint density at radius 1 is 1.25 bits per heavy atom. The Morgan fingerprint density at radius 2 is 2.02 bits per heavy atom. The van der Waals surface area contributed by atoms with Crippen LogP contribution in [0.3, 0.4) is 0 Å². The molecule has 3 aromatic rings. The number of nitrogens with one attached hydrogen (secondary N) is 1. The van der Waals surface area contributed by atoms with E-state index in [0.717, 1.165) is 21.7 Å². The van der Waals surface area contributed by atoms with Crippen molar-refractivity contribution in [2.45, 2.75) is 101 Å². The van der Waals surface area contributed by atoms with Crippen molar-refractivity contribution in [1.82, 2.24) is 19.6 Å². The van der Waals surface area contributed by atoms with E-state index in [1.54, 1.807) is 11.0 Å². The quantitative estimate of drug-likeness (QED) is 0.236. The van der Waals surface area contributed by atoms with E-state index < -0.39 is 38.7 Å². The molecule has 2 aliphatic carbocycles. The summed E-state index contributed by atoms with van der Waals surface area (Å²) in [6, 6.07) is 4.56. The molecular weight excluding hydrogens is 672 g/mol. The van der Waals surface area contributed by atoms with Crippen LogP contribution in [0.4, 0.5) is 0 Å². The molecule has 1 N–H and O–H groups in total. The number of pyridine rings is 1. The Kier molecular flexibility index (Phi) is 8.43. The number of aryl methyl sites for hydroxylation is 1. The Balaban J connectivity index is 1.19. The van der Waals surface area contributed by atoms with Crippen LogP contribution in [0.2, 0.25) is 5.02 Å². The minimum Gasteiger partial charge on any atom is -0.487 e. The van der Waals surface area contributed by atoms with Crippen LogP contribution >= 0.6 is 22.9 Å². The number of hydrogen-bond donors (Lipinski definition) is 1. The molecule has 254 valence electrons. The molecule has 0 unspecified atom stereocenters. The number of ketones is 1. The summed E-state index contributed by atoms with van der Waals surface area (Å²) in [5.41, 5.74) is 1.86. The van der Waals surface area contributed by atoms with Gasteiger partial charge in [-0.15, -0.1) is 17.9 Å². The highest BCUT2D eigenvalue weighted by Gasteiger charge is 2.62. The van der Waals surface area contributed by atoms with Gasteiger partial charge < -0.3 is 9.64 Å². The molecule has 48 heavy (non-hydrogen) atoms. The van der Waals surface area contributed by atoms with Crippen LogP contribution in [-0.4, -0.2) is 64.3 Å². The zero-order valence-electron chi connectivity index (χ0n) is 27.2. The zero-order valence-corrected chi connectivity index (χ0v) is 29.6. The highest BCUT2D eigenvalue weighted by atomic mass is 35.5. The van der Waals surface area contributed by atoms with Gasteiger partial charge in [-0.2, -0.15) is 0 Å². The molecule has 2 amide bonds.